The van der Waals surface area contributed by atoms with E-state index >= 15 is 0 Å². The molecule has 1 aliphatic rings. The van der Waals surface area contributed by atoms with Crippen molar-refractivity contribution in [1.29, 1.82) is 0 Å². The largest absolute Gasteiger partial charge is 0.392 e. The van der Waals surface area contributed by atoms with Crippen LogP contribution in [0.5, 0.6) is 0 Å². The van der Waals surface area contributed by atoms with Crippen LogP contribution in [0.3, 0.4) is 0 Å². The summed E-state index contributed by atoms with van der Waals surface area (Å²) >= 11 is 1.69. The summed E-state index contributed by atoms with van der Waals surface area (Å²) in [5.74, 6) is 1.39. The lowest BCUT2D eigenvalue weighted by Crippen LogP contribution is -2.32. The normalized spacial score (nSPS) is 19.0. The standard InChI is InChI=1S/C18H27N3O2S/c1-4-7-21(9-12(3)22)10-15-19-17(23)16-13-6-5-11(2)8-14(13)24-18(16)20-15/h11-12,22H,4-10H2,1-3H3,(H,19,20,23)/t11-,12+/m1/s1. The molecule has 0 aliphatic heterocycles. The molecule has 0 amide bonds. The van der Waals surface area contributed by atoms with Crippen LogP contribution in [0, 0.1) is 5.92 Å². The fourth-order valence-corrected chi connectivity index (χ4v) is 5.01. The minimum Gasteiger partial charge on any atom is -0.392 e. The molecular weight excluding hydrogens is 322 g/mol. The maximum atomic E-state index is 12.6. The summed E-state index contributed by atoms with van der Waals surface area (Å²) in [6.07, 6.45) is 3.82. The number of H-pyrrole nitrogens is 1. The van der Waals surface area contributed by atoms with Crippen LogP contribution >= 0.6 is 11.3 Å². The van der Waals surface area contributed by atoms with Gasteiger partial charge >= 0.3 is 0 Å². The fourth-order valence-electron chi connectivity index (χ4n) is 3.60. The molecule has 0 saturated carbocycles. The van der Waals surface area contributed by atoms with Gasteiger partial charge in [-0.1, -0.05) is 13.8 Å². The highest BCUT2D eigenvalue weighted by Crippen LogP contribution is 2.35. The molecule has 6 heteroatoms. The van der Waals surface area contributed by atoms with Gasteiger partial charge in [-0.05, 0) is 50.6 Å². The molecule has 2 N–H and O–H groups in total. The number of thiophene rings is 1. The number of nitrogens with one attached hydrogen (secondary N) is 1. The number of aryl methyl sites for hydroxylation is 1. The van der Waals surface area contributed by atoms with Gasteiger partial charge in [-0.25, -0.2) is 4.98 Å². The summed E-state index contributed by atoms with van der Waals surface area (Å²) in [4.78, 5) is 24.7. The summed E-state index contributed by atoms with van der Waals surface area (Å²) in [6.45, 7) is 8.22. The van der Waals surface area contributed by atoms with Gasteiger partial charge in [0.2, 0.25) is 0 Å². The van der Waals surface area contributed by atoms with Crippen LogP contribution in [0.2, 0.25) is 0 Å². The number of rotatable bonds is 6. The zero-order valence-corrected chi connectivity index (χ0v) is 15.6. The van der Waals surface area contributed by atoms with E-state index in [1.54, 1.807) is 18.3 Å². The number of hydrogen-bond acceptors (Lipinski definition) is 5. The molecule has 132 valence electrons. The molecule has 24 heavy (non-hydrogen) atoms. The van der Waals surface area contributed by atoms with Crippen molar-refractivity contribution in [2.45, 2.75) is 59.1 Å². The first-order valence-electron chi connectivity index (χ1n) is 8.91. The van der Waals surface area contributed by atoms with E-state index in [1.807, 2.05) is 0 Å². The molecular formula is C18H27N3O2S. The molecule has 0 saturated heterocycles. The topological polar surface area (TPSA) is 69.2 Å². The summed E-state index contributed by atoms with van der Waals surface area (Å²) in [7, 11) is 0. The second-order valence-electron chi connectivity index (χ2n) is 7.13. The number of aromatic nitrogens is 2. The van der Waals surface area contributed by atoms with Crippen LogP contribution in [-0.2, 0) is 19.4 Å². The Labute approximate surface area is 146 Å². The number of nitrogens with zero attached hydrogens (tertiary/aromatic N) is 2. The van der Waals surface area contributed by atoms with Gasteiger partial charge < -0.3 is 10.1 Å². The molecule has 1 aliphatic carbocycles. The molecule has 2 aromatic heterocycles. The van der Waals surface area contributed by atoms with E-state index < -0.39 is 0 Å². The van der Waals surface area contributed by atoms with Gasteiger partial charge in [0, 0.05) is 11.4 Å². The van der Waals surface area contributed by atoms with Gasteiger partial charge in [0.15, 0.2) is 0 Å². The average molecular weight is 350 g/mol. The zero-order chi connectivity index (χ0) is 17.3. The Hall–Kier alpha value is -1.24. The Bertz CT molecular complexity index is 765. The van der Waals surface area contributed by atoms with E-state index in [2.05, 4.69) is 23.7 Å². The van der Waals surface area contributed by atoms with Crippen LogP contribution in [0.25, 0.3) is 10.2 Å². The van der Waals surface area contributed by atoms with Crippen molar-refractivity contribution in [3.63, 3.8) is 0 Å². The Kier molecular flexibility index (Phi) is 5.37. The quantitative estimate of drug-likeness (QED) is 0.841. The van der Waals surface area contributed by atoms with Crippen molar-refractivity contribution in [1.82, 2.24) is 14.9 Å². The van der Waals surface area contributed by atoms with Crippen molar-refractivity contribution in [3.05, 3.63) is 26.6 Å². The number of aliphatic hydroxyl groups excluding tert-OH is 1. The highest BCUT2D eigenvalue weighted by atomic mass is 32.1. The van der Waals surface area contributed by atoms with Crippen LogP contribution in [0.4, 0.5) is 0 Å². The highest BCUT2D eigenvalue weighted by molar-refractivity contribution is 7.18. The van der Waals surface area contributed by atoms with Crippen LogP contribution in [-0.4, -0.2) is 39.2 Å². The summed E-state index contributed by atoms with van der Waals surface area (Å²) in [6, 6.07) is 0. The van der Waals surface area contributed by atoms with Gasteiger partial charge in [-0.2, -0.15) is 0 Å². The van der Waals surface area contributed by atoms with Crippen LogP contribution < -0.4 is 5.56 Å². The molecule has 0 fully saturated rings. The first kappa shape index (κ1) is 17.6. The van der Waals surface area contributed by atoms with Gasteiger partial charge in [0.05, 0.1) is 18.0 Å². The van der Waals surface area contributed by atoms with Crippen molar-refractivity contribution in [2.24, 2.45) is 5.92 Å². The van der Waals surface area contributed by atoms with E-state index in [-0.39, 0.29) is 11.7 Å². The zero-order valence-electron chi connectivity index (χ0n) is 14.8. The molecule has 0 spiro atoms. The monoisotopic (exact) mass is 349 g/mol. The maximum Gasteiger partial charge on any atom is 0.259 e. The number of aliphatic hydroxyl groups is 1. The van der Waals surface area contributed by atoms with Crippen molar-refractivity contribution < 1.29 is 5.11 Å². The van der Waals surface area contributed by atoms with Crippen LogP contribution in [0.1, 0.15) is 49.9 Å². The first-order valence-corrected chi connectivity index (χ1v) is 9.73. The minimum atomic E-state index is -0.387. The average Bonchev–Trinajstić information content (AvgIpc) is 2.84. The van der Waals surface area contributed by atoms with E-state index in [1.165, 1.54) is 10.4 Å². The van der Waals surface area contributed by atoms with Crippen molar-refractivity contribution in [2.75, 3.05) is 13.1 Å². The van der Waals surface area contributed by atoms with Crippen molar-refractivity contribution in [3.8, 4) is 0 Å². The summed E-state index contributed by atoms with van der Waals surface area (Å²) in [5.41, 5.74) is 1.22. The second kappa shape index (κ2) is 7.33. The Morgan fingerprint density at radius 3 is 3.00 bits per heavy atom. The minimum absolute atomic E-state index is 0.00412. The fraction of sp³-hybridized carbons (Fsp3) is 0.667. The van der Waals surface area contributed by atoms with Crippen molar-refractivity contribution >= 4 is 21.6 Å². The predicted octanol–water partition coefficient (Wildman–Crippen LogP) is 2.70. The summed E-state index contributed by atoms with van der Waals surface area (Å²) in [5, 5.41) is 10.5. The number of aromatic amines is 1. The Morgan fingerprint density at radius 1 is 1.50 bits per heavy atom. The number of fused-ring (bicyclic) bond motifs is 3. The van der Waals surface area contributed by atoms with Gasteiger partial charge in [-0.3, -0.25) is 9.69 Å². The lowest BCUT2D eigenvalue weighted by atomic mass is 9.89. The van der Waals surface area contributed by atoms with E-state index in [0.717, 1.165) is 42.4 Å². The number of hydrogen-bond donors (Lipinski definition) is 2. The van der Waals surface area contributed by atoms with E-state index in [0.29, 0.717) is 24.8 Å². The molecule has 3 rings (SSSR count). The van der Waals surface area contributed by atoms with E-state index in [9.17, 15) is 9.90 Å². The third-order valence-corrected chi connectivity index (χ3v) is 5.80. The molecule has 0 radical (unpaired) electrons. The highest BCUT2D eigenvalue weighted by Gasteiger charge is 2.23. The van der Waals surface area contributed by atoms with E-state index in [4.69, 9.17) is 4.98 Å². The predicted molar refractivity (Wildman–Crippen MR) is 98.7 cm³/mol. The third-order valence-electron chi connectivity index (χ3n) is 4.65. The molecule has 0 aromatic carbocycles. The smallest absolute Gasteiger partial charge is 0.259 e. The molecule has 2 heterocycles. The van der Waals surface area contributed by atoms with Gasteiger partial charge in [-0.15, -0.1) is 11.3 Å². The lowest BCUT2D eigenvalue weighted by molar-refractivity contribution is 0.121. The Morgan fingerprint density at radius 2 is 2.29 bits per heavy atom. The SMILES string of the molecule is CCCN(Cc1nc2sc3c(c2c(=O)[nH]1)CC[C@@H](C)C3)C[C@H](C)O. The summed E-state index contributed by atoms with van der Waals surface area (Å²) < 4.78 is 0. The van der Waals surface area contributed by atoms with Crippen LogP contribution in [0.15, 0.2) is 4.79 Å². The molecule has 0 bridgehead atoms. The first-order chi connectivity index (χ1) is 11.5. The maximum absolute atomic E-state index is 12.6. The molecule has 5 nitrogen and oxygen atoms in total. The molecule has 0 unspecified atom stereocenters. The molecule has 2 atom stereocenters. The van der Waals surface area contributed by atoms with Gasteiger partial charge in [0.25, 0.3) is 5.56 Å². The second-order valence-corrected chi connectivity index (χ2v) is 8.21. The Balaban J connectivity index is 1.91. The molecule has 2 aromatic rings. The third kappa shape index (κ3) is 3.71. The van der Waals surface area contributed by atoms with Gasteiger partial charge in [0.1, 0.15) is 10.7 Å². The lowest BCUT2D eigenvalue weighted by Gasteiger charge is -2.22.